The van der Waals surface area contributed by atoms with Crippen LogP contribution in [0.1, 0.15) is 30.7 Å². The quantitative estimate of drug-likeness (QED) is 0.817. The van der Waals surface area contributed by atoms with Gasteiger partial charge in [-0.05, 0) is 0 Å². The van der Waals surface area contributed by atoms with Gasteiger partial charge < -0.3 is 10.1 Å². The number of nitrogens with one attached hydrogen (secondary N) is 1. The van der Waals surface area contributed by atoms with Crippen LogP contribution >= 0.6 is 11.3 Å². The van der Waals surface area contributed by atoms with Crippen LogP contribution in [0.15, 0.2) is 6.20 Å². The van der Waals surface area contributed by atoms with Crippen LogP contribution in [0.3, 0.4) is 0 Å². The van der Waals surface area contributed by atoms with E-state index in [0.717, 1.165) is 9.88 Å². The summed E-state index contributed by atoms with van der Waals surface area (Å²) >= 11 is 1.67. The number of methoxy groups -OCH3 is 1. The van der Waals surface area contributed by atoms with Gasteiger partial charge in [-0.3, -0.25) is 4.79 Å². The van der Waals surface area contributed by atoms with E-state index < -0.39 is 0 Å². The Hall–Kier alpha value is -0.940. The molecule has 0 aliphatic carbocycles. The van der Waals surface area contributed by atoms with Crippen molar-refractivity contribution in [3.8, 4) is 0 Å². The Balaban J connectivity index is 2.44. The summed E-state index contributed by atoms with van der Waals surface area (Å²) in [6.07, 6.45) is 1.86. The standard InChI is InChI=1S/C11H18N2O2S/c1-11(2,3)10-13-6-8(16-10)5-12-7-9(14)15-4/h6,12H,5,7H2,1-4H3. The minimum absolute atomic E-state index is 0.0886. The van der Waals surface area contributed by atoms with Crippen LogP contribution in [0.4, 0.5) is 0 Å². The summed E-state index contributed by atoms with van der Waals surface area (Å²) in [7, 11) is 1.38. The lowest BCUT2D eigenvalue weighted by Gasteiger charge is -2.13. The minimum Gasteiger partial charge on any atom is -0.468 e. The Bertz CT molecular complexity index is 355. The smallest absolute Gasteiger partial charge is 0.319 e. The van der Waals surface area contributed by atoms with Gasteiger partial charge in [-0.15, -0.1) is 11.3 Å². The van der Waals surface area contributed by atoms with Crippen LogP contribution in [-0.2, 0) is 21.5 Å². The number of ether oxygens (including phenoxy) is 1. The van der Waals surface area contributed by atoms with E-state index in [0.29, 0.717) is 6.54 Å². The first-order chi connectivity index (χ1) is 7.43. The molecule has 0 aliphatic heterocycles. The average Bonchev–Trinajstić information content (AvgIpc) is 2.65. The molecule has 1 N–H and O–H groups in total. The van der Waals surface area contributed by atoms with Gasteiger partial charge >= 0.3 is 5.97 Å². The molecule has 1 aromatic heterocycles. The molecule has 0 atom stereocenters. The Kier molecular flexibility index (Phi) is 4.44. The largest absolute Gasteiger partial charge is 0.468 e. The van der Waals surface area contributed by atoms with Crippen molar-refractivity contribution in [2.45, 2.75) is 32.7 Å². The highest BCUT2D eigenvalue weighted by Crippen LogP contribution is 2.26. The number of rotatable bonds is 4. The third kappa shape index (κ3) is 3.90. The molecule has 1 rings (SSSR count). The monoisotopic (exact) mass is 242 g/mol. The zero-order valence-electron chi connectivity index (χ0n) is 10.2. The Labute approximate surface area is 100 Å². The molecule has 0 aromatic carbocycles. The third-order valence-electron chi connectivity index (χ3n) is 1.99. The van der Waals surface area contributed by atoms with Gasteiger partial charge in [0.15, 0.2) is 0 Å². The van der Waals surface area contributed by atoms with E-state index in [9.17, 15) is 4.79 Å². The molecule has 0 bridgehead atoms. The number of nitrogens with zero attached hydrogens (tertiary/aromatic N) is 1. The molecule has 16 heavy (non-hydrogen) atoms. The van der Waals surface area contributed by atoms with E-state index >= 15 is 0 Å². The Morgan fingerprint density at radius 1 is 1.56 bits per heavy atom. The maximum atomic E-state index is 10.9. The first-order valence-corrected chi connectivity index (χ1v) is 5.98. The molecule has 0 saturated carbocycles. The Morgan fingerprint density at radius 3 is 2.75 bits per heavy atom. The number of thiazole rings is 1. The van der Waals surface area contributed by atoms with E-state index in [2.05, 4.69) is 35.8 Å². The van der Waals surface area contributed by atoms with E-state index in [1.165, 1.54) is 7.11 Å². The Morgan fingerprint density at radius 2 is 2.25 bits per heavy atom. The minimum atomic E-state index is -0.249. The molecule has 4 nitrogen and oxygen atoms in total. The first kappa shape index (κ1) is 13.1. The van der Waals surface area contributed by atoms with Crippen LogP contribution in [0.2, 0.25) is 0 Å². The summed E-state index contributed by atoms with van der Waals surface area (Å²) in [6, 6.07) is 0. The normalized spacial score (nSPS) is 11.5. The van der Waals surface area contributed by atoms with E-state index in [1.807, 2.05) is 6.20 Å². The fourth-order valence-corrected chi connectivity index (χ4v) is 2.04. The van der Waals surface area contributed by atoms with E-state index in [1.54, 1.807) is 11.3 Å². The molecule has 0 aliphatic rings. The van der Waals surface area contributed by atoms with Crippen LogP contribution in [0.5, 0.6) is 0 Å². The fraction of sp³-hybridized carbons (Fsp3) is 0.636. The summed E-state index contributed by atoms with van der Waals surface area (Å²) in [6.45, 7) is 7.30. The molecule has 0 radical (unpaired) electrons. The van der Waals surface area contributed by atoms with Gasteiger partial charge in [0.1, 0.15) is 0 Å². The average molecular weight is 242 g/mol. The van der Waals surface area contributed by atoms with Crippen molar-refractivity contribution in [1.82, 2.24) is 10.3 Å². The van der Waals surface area contributed by atoms with Crippen molar-refractivity contribution in [2.75, 3.05) is 13.7 Å². The van der Waals surface area contributed by atoms with Crippen molar-refractivity contribution in [2.24, 2.45) is 0 Å². The number of aromatic nitrogens is 1. The predicted octanol–water partition coefficient (Wildman–Crippen LogP) is 1.70. The summed E-state index contributed by atoms with van der Waals surface area (Å²) in [5, 5.41) is 4.13. The lowest BCUT2D eigenvalue weighted by Crippen LogP contribution is -2.22. The number of esters is 1. The highest BCUT2D eigenvalue weighted by molar-refractivity contribution is 7.11. The lowest BCUT2D eigenvalue weighted by molar-refractivity contribution is -0.139. The highest BCUT2D eigenvalue weighted by atomic mass is 32.1. The molecule has 1 heterocycles. The topological polar surface area (TPSA) is 51.2 Å². The molecule has 1 aromatic rings. The molecule has 90 valence electrons. The summed E-state index contributed by atoms with van der Waals surface area (Å²) in [5.74, 6) is -0.249. The number of carbonyl (C=O) groups excluding carboxylic acids is 1. The summed E-state index contributed by atoms with van der Waals surface area (Å²) < 4.78 is 4.53. The molecular weight excluding hydrogens is 224 g/mol. The van der Waals surface area contributed by atoms with Crippen LogP contribution < -0.4 is 5.32 Å². The second kappa shape index (κ2) is 5.41. The first-order valence-electron chi connectivity index (χ1n) is 5.16. The van der Waals surface area contributed by atoms with Crippen molar-refractivity contribution < 1.29 is 9.53 Å². The van der Waals surface area contributed by atoms with Gasteiger partial charge in [-0.2, -0.15) is 0 Å². The fourth-order valence-electron chi connectivity index (χ4n) is 1.10. The summed E-state index contributed by atoms with van der Waals surface area (Å²) in [5.41, 5.74) is 0.0886. The van der Waals surface area contributed by atoms with Crippen molar-refractivity contribution in [3.05, 3.63) is 16.1 Å². The van der Waals surface area contributed by atoms with Gasteiger partial charge in [-0.1, -0.05) is 20.8 Å². The number of hydrogen-bond donors (Lipinski definition) is 1. The lowest BCUT2D eigenvalue weighted by atomic mass is 9.98. The second-order valence-electron chi connectivity index (χ2n) is 4.56. The number of hydrogen-bond acceptors (Lipinski definition) is 5. The van der Waals surface area contributed by atoms with E-state index in [-0.39, 0.29) is 17.9 Å². The second-order valence-corrected chi connectivity index (χ2v) is 5.68. The van der Waals surface area contributed by atoms with Gasteiger partial charge in [0.2, 0.25) is 0 Å². The third-order valence-corrected chi connectivity index (χ3v) is 3.41. The molecule has 5 heteroatoms. The van der Waals surface area contributed by atoms with E-state index in [4.69, 9.17) is 0 Å². The molecule has 0 unspecified atom stereocenters. The van der Waals surface area contributed by atoms with Gasteiger partial charge in [0, 0.05) is 23.0 Å². The van der Waals surface area contributed by atoms with Gasteiger partial charge in [0.05, 0.1) is 18.7 Å². The van der Waals surface area contributed by atoms with Crippen molar-refractivity contribution >= 4 is 17.3 Å². The molecule has 0 spiro atoms. The van der Waals surface area contributed by atoms with Crippen LogP contribution in [0, 0.1) is 0 Å². The predicted molar refractivity (Wildman–Crippen MR) is 64.5 cm³/mol. The SMILES string of the molecule is COC(=O)CNCc1cnc(C(C)(C)C)s1. The highest BCUT2D eigenvalue weighted by Gasteiger charge is 2.17. The zero-order valence-corrected chi connectivity index (χ0v) is 11.0. The number of carbonyl (C=O) groups is 1. The molecule has 0 amide bonds. The zero-order chi connectivity index (χ0) is 12.2. The van der Waals surface area contributed by atoms with Crippen molar-refractivity contribution in [1.29, 1.82) is 0 Å². The molecular formula is C11H18N2O2S. The maximum absolute atomic E-state index is 10.9. The maximum Gasteiger partial charge on any atom is 0.319 e. The van der Waals surface area contributed by atoms with Gasteiger partial charge in [-0.25, -0.2) is 4.98 Å². The van der Waals surface area contributed by atoms with Gasteiger partial charge in [0.25, 0.3) is 0 Å². The van der Waals surface area contributed by atoms with Crippen LogP contribution in [0.25, 0.3) is 0 Å². The van der Waals surface area contributed by atoms with Crippen molar-refractivity contribution in [3.63, 3.8) is 0 Å². The summed E-state index contributed by atoms with van der Waals surface area (Å²) in [4.78, 5) is 16.4. The molecule has 0 saturated heterocycles. The van der Waals surface area contributed by atoms with Crippen LogP contribution in [-0.4, -0.2) is 24.6 Å². The molecule has 0 fully saturated rings.